The van der Waals surface area contributed by atoms with E-state index in [1.807, 2.05) is 36.4 Å². The topological polar surface area (TPSA) is 154 Å². The quantitative estimate of drug-likeness (QED) is 0.449. The molecule has 5 N–H and O–H groups in total. The van der Waals surface area contributed by atoms with Crippen LogP contribution in [0.15, 0.2) is 54.6 Å². The lowest BCUT2D eigenvalue weighted by molar-refractivity contribution is -0.138. The van der Waals surface area contributed by atoms with Crippen LogP contribution in [0.25, 0.3) is 0 Å². The Morgan fingerprint density at radius 1 is 1.00 bits per heavy atom. The lowest BCUT2D eigenvalue weighted by atomic mass is 9.99. The van der Waals surface area contributed by atoms with Crippen molar-refractivity contribution in [3.63, 3.8) is 0 Å². The van der Waals surface area contributed by atoms with Gasteiger partial charge >= 0.3 is 0 Å². The Kier molecular flexibility index (Phi) is 7.18. The third-order valence-electron chi connectivity index (χ3n) is 5.18. The summed E-state index contributed by atoms with van der Waals surface area (Å²) in [4.78, 5) is 49.2. The number of hydrogen-bond acceptors (Lipinski definition) is 5. The van der Waals surface area contributed by atoms with E-state index in [-0.39, 0.29) is 18.7 Å². The highest BCUT2D eigenvalue weighted by atomic mass is 16.2. The third-order valence-corrected chi connectivity index (χ3v) is 5.18. The smallest absolute Gasteiger partial charge is 0.243 e. The molecule has 1 aliphatic heterocycles. The Morgan fingerprint density at radius 2 is 1.62 bits per heavy atom. The maximum atomic E-state index is 12.5. The summed E-state index contributed by atoms with van der Waals surface area (Å²) in [5.74, 6) is -2.26. The van der Waals surface area contributed by atoms with Crippen molar-refractivity contribution in [3.8, 4) is 6.07 Å². The van der Waals surface area contributed by atoms with Crippen molar-refractivity contribution in [1.82, 2.24) is 16.0 Å². The molecule has 0 aromatic heterocycles. The van der Waals surface area contributed by atoms with E-state index < -0.39 is 35.8 Å². The molecule has 0 bridgehead atoms. The lowest BCUT2D eigenvalue weighted by Gasteiger charge is -2.29. The van der Waals surface area contributed by atoms with Crippen LogP contribution in [0.5, 0.6) is 0 Å². The predicted octanol–water partition coefficient (Wildman–Crippen LogP) is -0.313. The van der Waals surface area contributed by atoms with Gasteiger partial charge in [-0.1, -0.05) is 48.5 Å². The molecule has 0 spiro atoms. The number of hydrogen-bond donors (Lipinski definition) is 4. The second-order valence-corrected chi connectivity index (χ2v) is 7.51. The first-order chi connectivity index (χ1) is 15.4. The average Bonchev–Trinajstić information content (AvgIpc) is 2.77. The molecule has 0 unspecified atom stereocenters. The van der Waals surface area contributed by atoms with Gasteiger partial charge in [-0.15, -0.1) is 0 Å². The molecule has 1 fully saturated rings. The molecule has 2 aromatic carbocycles. The number of nitrogens with zero attached hydrogens (tertiary/aromatic N) is 1. The molecule has 32 heavy (non-hydrogen) atoms. The number of nitriles is 1. The summed E-state index contributed by atoms with van der Waals surface area (Å²) in [6.45, 7) is 0. The Bertz CT molecular complexity index is 1060. The maximum absolute atomic E-state index is 12.5. The van der Waals surface area contributed by atoms with Gasteiger partial charge in [0.15, 0.2) is 0 Å². The largest absolute Gasteiger partial charge is 0.368 e. The molecule has 0 aliphatic carbocycles. The fraction of sp³-hybridized carbons (Fsp3) is 0.261. The molecule has 0 radical (unpaired) electrons. The van der Waals surface area contributed by atoms with E-state index in [1.54, 1.807) is 24.3 Å². The van der Waals surface area contributed by atoms with E-state index in [0.717, 1.165) is 5.56 Å². The Hall–Kier alpha value is -4.19. The Balaban J connectivity index is 1.58. The van der Waals surface area contributed by atoms with E-state index in [4.69, 9.17) is 5.73 Å². The first-order valence-corrected chi connectivity index (χ1v) is 10.1. The number of carbonyl (C=O) groups excluding carboxylic acids is 4. The van der Waals surface area contributed by atoms with Crippen molar-refractivity contribution in [2.24, 2.45) is 5.73 Å². The highest BCUT2D eigenvalue weighted by molar-refractivity contribution is 5.99. The number of nitrogens with two attached hydrogens (primary N) is 1. The minimum atomic E-state index is -1.06. The molecule has 9 nitrogen and oxygen atoms in total. The molecule has 164 valence electrons. The van der Waals surface area contributed by atoms with Gasteiger partial charge in [0.25, 0.3) is 0 Å². The summed E-state index contributed by atoms with van der Waals surface area (Å²) in [7, 11) is 0. The van der Waals surface area contributed by atoms with Crippen LogP contribution < -0.4 is 21.7 Å². The predicted molar refractivity (Wildman–Crippen MR) is 115 cm³/mol. The van der Waals surface area contributed by atoms with Gasteiger partial charge in [-0.2, -0.15) is 5.26 Å². The van der Waals surface area contributed by atoms with Gasteiger partial charge < -0.3 is 21.7 Å². The third kappa shape index (κ3) is 5.70. The molecular weight excluding hydrogens is 410 g/mol. The summed E-state index contributed by atoms with van der Waals surface area (Å²) < 4.78 is 0. The second-order valence-electron chi connectivity index (χ2n) is 7.51. The molecule has 9 heteroatoms. The zero-order valence-electron chi connectivity index (χ0n) is 17.2. The van der Waals surface area contributed by atoms with Crippen LogP contribution in [0.1, 0.15) is 23.1 Å². The average molecular weight is 433 g/mol. The summed E-state index contributed by atoms with van der Waals surface area (Å²) in [5.41, 5.74) is 7.24. The highest BCUT2D eigenvalue weighted by Crippen LogP contribution is 2.11. The standard InChI is InChI=1S/C23H23N5O4/c24-13-16-9-5-4-8-15(16)11-17(21(25)30)26-20(29)12-19-23(32)27-18(22(31)28-19)10-14-6-2-1-3-7-14/h1-9,17-19H,10-12H2,(H2,25,30)(H,26,29)(H,27,32)(H,28,31)/t17-,18-,19-/m0/s1. The minimum Gasteiger partial charge on any atom is -0.368 e. The fourth-order valence-corrected chi connectivity index (χ4v) is 3.50. The monoisotopic (exact) mass is 433 g/mol. The first-order valence-electron chi connectivity index (χ1n) is 10.1. The van der Waals surface area contributed by atoms with Crippen LogP contribution in [-0.4, -0.2) is 41.8 Å². The maximum Gasteiger partial charge on any atom is 0.243 e. The number of nitrogens with one attached hydrogen (secondary N) is 3. The van der Waals surface area contributed by atoms with Crippen LogP contribution >= 0.6 is 0 Å². The molecule has 4 amide bonds. The van der Waals surface area contributed by atoms with E-state index in [1.165, 1.54) is 0 Å². The van der Waals surface area contributed by atoms with E-state index in [0.29, 0.717) is 17.5 Å². The first kappa shape index (κ1) is 22.5. The van der Waals surface area contributed by atoms with E-state index >= 15 is 0 Å². The number of rotatable bonds is 8. The number of amides is 4. The second kappa shape index (κ2) is 10.2. The zero-order valence-corrected chi connectivity index (χ0v) is 17.2. The van der Waals surface area contributed by atoms with E-state index in [9.17, 15) is 24.4 Å². The SMILES string of the molecule is N#Cc1ccccc1C[C@H](NC(=O)C[C@@H]1NC(=O)[C@H](Cc2ccccc2)NC1=O)C(N)=O. The van der Waals surface area contributed by atoms with Gasteiger partial charge in [0.05, 0.1) is 18.1 Å². The molecule has 1 saturated heterocycles. The molecule has 0 saturated carbocycles. The molecule has 3 rings (SSSR count). The summed E-state index contributed by atoms with van der Waals surface area (Å²) in [5, 5.41) is 16.9. The van der Waals surface area contributed by atoms with Gasteiger partial charge in [0, 0.05) is 12.8 Å². The Morgan fingerprint density at radius 3 is 2.31 bits per heavy atom. The van der Waals surface area contributed by atoms with Gasteiger partial charge in [-0.05, 0) is 17.2 Å². The normalized spacial score (nSPS) is 18.6. The van der Waals surface area contributed by atoms with Crippen molar-refractivity contribution in [1.29, 1.82) is 5.26 Å². The molecule has 2 aromatic rings. The number of primary amides is 1. The number of benzene rings is 2. The number of carbonyl (C=O) groups is 4. The van der Waals surface area contributed by atoms with Crippen molar-refractivity contribution >= 4 is 23.6 Å². The van der Waals surface area contributed by atoms with Crippen molar-refractivity contribution in [2.45, 2.75) is 37.4 Å². The van der Waals surface area contributed by atoms with Crippen molar-refractivity contribution in [3.05, 3.63) is 71.3 Å². The Labute approximate surface area is 185 Å². The van der Waals surface area contributed by atoms with Gasteiger partial charge in [0.1, 0.15) is 18.1 Å². The van der Waals surface area contributed by atoms with Gasteiger partial charge in [-0.25, -0.2) is 0 Å². The summed E-state index contributed by atoms with van der Waals surface area (Å²) in [6.07, 6.45) is 0.0197. The molecule has 1 heterocycles. The van der Waals surface area contributed by atoms with Gasteiger partial charge in [0.2, 0.25) is 23.6 Å². The minimum absolute atomic E-state index is 0.0349. The van der Waals surface area contributed by atoms with E-state index in [2.05, 4.69) is 16.0 Å². The number of piperazine rings is 1. The van der Waals surface area contributed by atoms with Crippen LogP contribution in [0.2, 0.25) is 0 Å². The zero-order chi connectivity index (χ0) is 23.1. The summed E-state index contributed by atoms with van der Waals surface area (Å²) >= 11 is 0. The molecular formula is C23H23N5O4. The van der Waals surface area contributed by atoms with Crippen molar-refractivity contribution in [2.75, 3.05) is 0 Å². The van der Waals surface area contributed by atoms with Crippen LogP contribution in [-0.2, 0) is 32.0 Å². The molecule has 3 atom stereocenters. The summed E-state index contributed by atoms with van der Waals surface area (Å²) in [6, 6.07) is 15.1. The van der Waals surface area contributed by atoms with Crippen LogP contribution in [0.3, 0.4) is 0 Å². The van der Waals surface area contributed by atoms with Crippen LogP contribution in [0, 0.1) is 11.3 Å². The lowest BCUT2D eigenvalue weighted by Crippen LogP contribution is -2.63. The molecule has 1 aliphatic rings. The van der Waals surface area contributed by atoms with Gasteiger partial charge in [-0.3, -0.25) is 19.2 Å². The fourth-order valence-electron chi connectivity index (χ4n) is 3.50. The highest BCUT2D eigenvalue weighted by Gasteiger charge is 2.35. The van der Waals surface area contributed by atoms with Crippen LogP contribution in [0.4, 0.5) is 0 Å². The van der Waals surface area contributed by atoms with Crippen molar-refractivity contribution < 1.29 is 19.2 Å².